The van der Waals surface area contributed by atoms with E-state index in [0.29, 0.717) is 32.5 Å². The van der Waals surface area contributed by atoms with Crippen LogP contribution in [0.15, 0.2) is 0 Å². The highest BCUT2D eigenvalue weighted by atomic mass is 16.5. The molecule has 0 bridgehead atoms. The Morgan fingerprint density at radius 3 is 2.40 bits per heavy atom. The summed E-state index contributed by atoms with van der Waals surface area (Å²) >= 11 is 0. The molecule has 5 heteroatoms. The van der Waals surface area contributed by atoms with Crippen molar-refractivity contribution in [1.29, 1.82) is 0 Å². The minimum absolute atomic E-state index is 0.180. The molecule has 0 aliphatic heterocycles. The molecule has 0 atom stereocenters. The highest BCUT2D eigenvalue weighted by Gasteiger charge is 2.02. The molecule has 0 saturated carbocycles. The smallest absolute Gasteiger partial charge is 0.314 e. The van der Waals surface area contributed by atoms with E-state index in [0.717, 1.165) is 6.42 Å². The minimum atomic E-state index is -0.215. The molecule has 0 aromatic carbocycles. The lowest BCUT2D eigenvalue weighted by molar-refractivity contribution is -0.143. The first-order chi connectivity index (χ1) is 7.20. The quantitative estimate of drug-likeness (QED) is 0.493. The van der Waals surface area contributed by atoms with Gasteiger partial charge in [0, 0.05) is 19.5 Å². The van der Waals surface area contributed by atoms with Gasteiger partial charge >= 0.3 is 12.0 Å². The zero-order valence-corrected chi connectivity index (χ0v) is 9.47. The van der Waals surface area contributed by atoms with Gasteiger partial charge in [-0.25, -0.2) is 4.79 Å². The molecule has 0 aliphatic carbocycles. The fraction of sp³-hybridized carbons (Fsp3) is 0.800. The number of amides is 2. The second-order valence-electron chi connectivity index (χ2n) is 3.09. The predicted molar refractivity (Wildman–Crippen MR) is 57.6 cm³/mol. The van der Waals surface area contributed by atoms with Gasteiger partial charge in [0.1, 0.15) is 0 Å². The second kappa shape index (κ2) is 9.30. The van der Waals surface area contributed by atoms with Gasteiger partial charge in [-0.3, -0.25) is 4.79 Å². The average Bonchev–Trinajstić information content (AvgIpc) is 2.22. The number of nitrogens with one attached hydrogen (secondary N) is 2. The van der Waals surface area contributed by atoms with Gasteiger partial charge in [-0.1, -0.05) is 6.92 Å². The summed E-state index contributed by atoms with van der Waals surface area (Å²) in [4.78, 5) is 21.9. The first kappa shape index (κ1) is 13.7. The summed E-state index contributed by atoms with van der Waals surface area (Å²) in [6.07, 6.45) is 1.87. The first-order valence-corrected chi connectivity index (χ1v) is 5.38. The SMILES string of the molecule is CCCNC(=O)NCCCC(=O)OCC. The molecule has 0 saturated heterocycles. The van der Waals surface area contributed by atoms with E-state index in [9.17, 15) is 9.59 Å². The number of hydrogen-bond donors (Lipinski definition) is 2. The lowest BCUT2D eigenvalue weighted by Crippen LogP contribution is -2.36. The molecule has 0 aliphatic rings. The molecule has 88 valence electrons. The Bertz CT molecular complexity index is 195. The monoisotopic (exact) mass is 216 g/mol. The van der Waals surface area contributed by atoms with Crippen molar-refractivity contribution in [2.75, 3.05) is 19.7 Å². The van der Waals surface area contributed by atoms with Crippen molar-refractivity contribution in [3.05, 3.63) is 0 Å². The number of carbonyl (C=O) groups excluding carboxylic acids is 2. The van der Waals surface area contributed by atoms with Crippen molar-refractivity contribution < 1.29 is 14.3 Å². The Labute approximate surface area is 90.6 Å². The number of rotatable bonds is 7. The molecule has 0 heterocycles. The molecule has 2 N–H and O–H groups in total. The van der Waals surface area contributed by atoms with E-state index in [1.54, 1.807) is 6.92 Å². The molecule has 0 aromatic heterocycles. The Balaban J connectivity index is 3.30. The van der Waals surface area contributed by atoms with Crippen LogP contribution in [0.3, 0.4) is 0 Å². The molecular weight excluding hydrogens is 196 g/mol. The Kier molecular flexibility index (Phi) is 8.52. The van der Waals surface area contributed by atoms with E-state index in [1.807, 2.05) is 6.92 Å². The zero-order chi connectivity index (χ0) is 11.5. The topological polar surface area (TPSA) is 67.4 Å². The minimum Gasteiger partial charge on any atom is -0.466 e. The maximum atomic E-state index is 11.0. The van der Waals surface area contributed by atoms with Crippen LogP contribution in [-0.2, 0) is 9.53 Å². The van der Waals surface area contributed by atoms with Gasteiger partial charge in [-0.15, -0.1) is 0 Å². The fourth-order valence-corrected chi connectivity index (χ4v) is 0.969. The highest BCUT2D eigenvalue weighted by Crippen LogP contribution is 1.90. The second-order valence-corrected chi connectivity index (χ2v) is 3.09. The van der Waals surface area contributed by atoms with E-state index in [4.69, 9.17) is 4.74 Å². The van der Waals surface area contributed by atoms with Crippen molar-refractivity contribution in [1.82, 2.24) is 10.6 Å². The molecule has 5 nitrogen and oxygen atoms in total. The third-order valence-electron chi connectivity index (χ3n) is 1.68. The Morgan fingerprint density at radius 1 is 1.13 bits per heavy atom. The van der Waals surface area contributed by atoms with Gasteiger partial charge in [0.05, 0.1) is 6.61 Å². The summed E-state index contributed by atoms with van der Waals surface area (Å²) in [5.74, 6) is -0.215. The molecular formula is C10H20N2O3. The molecule has 0 spiro atoms. The molecule has 0 radical (unpaired) electrons. The fourth-order valence-electron chi connectivity index (χ4n) is 0.969. The van der Waals surface area contributed by atoms with E-state index in [1.165, 1.54) is 0 Å². The summed E-state index contributed by atoms with van der Waals surface area (Å²) in [7, 11) is 0. The normalized spacial score (nSPS) is 9.47. The van der Waals surface area contributed by atoms with Gasteiger partial charge in [0.2, 0.25) is 0 Å². The summed E-state index contributed by atoms with van der Waals surface area (Å²) in [5.41, 5.74) is 0. The molecule has 2 amide bonds. The molecule has 0 aromatic rings. The van der Waals surface area contributed by atoms with Crippen molar-refractivity contribution in [3.8, 4) is 0 Å². The van der Waals surface area contributed by atoms with Crippen molar-refractivity contribution >= 4 is 12.0 Å². The van der Waals surface area contributed by atoms with Crippen LogP contribution in [0.1, 0.15) is 33.1 Å². The van der Waals surface area contributed by atoms with Crippen molar-refractivity contribution in [2.24, 2.45) is 0 Å². The summed E-state index contributed by atoms with van der Waals surface area (Å²) in [6, 6.07) is -0.180. The lowest BCUT2D eigenvalue weighted by atomic mass is 10.3. The van der Waals surface area contributed by atoms with E-state index >= 15 is 0 Å². The van der Waals surface area contributed by atoms with E-state index < -0.39 is 0 Å². The summed E-state index contributed by atoms with van der Waals surface area (Å²) in [5, 5.41) is 5.34. The Morgan fingerprint density at radius 2 is 1.80 bits per heavy atom. The molecule has 0 unspecified atom stereocenters. The largest absolute Gasteiger partial charge is 0.466 e. The number of carbonyl (C=O) groups is 2. The average molecular weight is 216 g/mol. The summed E-state index contributed by atoms with van der Waals surface area (Å²) in [6.45, 7) is 5.33. The van der Waals surface area contributed by atoms with Crippen LogP contribution in [0.5, 0.6) is 0 Å². The predicted octanol–water partition coefficient (Wildman–Crippen LogP) is 1.04. The van der Waals surface area contributed by atoms with Crippen molar-refractivity contribution in [3.63, 3.8) is 0 Å². The third kappa shape index (κ3) is 9.05. The number of ether oxygens (including phenoxy) is 1. The van der Waals surface area contributed by atoms with Crippen LogP contribution < -0.4 is 10.6 Å². The van der Waals surface area contributed by atoms with Crippen LogP contribution >= 0.6 is 0 Å². The highest BCUT2D eigenvalue weighted by molar-refractivity contribution is 5.74. The van der Waals surface area contributed by atoms with E-state index in [-0.39, 0.29) is 12.0 Å². The van der Waals surface area contributed by atoms with E-state index in [2.05, 4.69) is 10.6 Å². The van der Waals surface area contributed by atoms with Gasteiger partial charge in [0.15, 0.2) is 0 Å². The van der Waals surface area contributed by atoms with Gasteiger partial charge in [0.25, 0.3) is 0 Å². The van der Waals surface area contributed by atoms with Crippen molar-refractivity contribution in [2.45, 2.75) is 33.1 Å². The first-order valence-electron chi connectivity index (χ1n) is 5.38. The molecule has 0 rings (SSSR count). The zero-order valence-electron chi connectivity index (χ0n) is 9.47. The van der Waals surface area contributed by atoms with Crippen LogP contribution in [0.25, 0.3) is 0 Å². The summed E-state index contributed by atoms with van der Waals surface area (Å²) < 4.78 is 4.75. The van der Waals surface area contributed by atoms with Crippen LogP contribution in [0, 0.1) is 0 Å². The number of hydrogen-bond acceptors (Lipinski definition) is 3. The van der Waals surface area contributed by atoms with Crippen LogP contribution in [0.4, 0.5) is 4.79 Å². The van der Waals surface area contributed by atoms with Gasteiger partial charge in [-0.2, -0.15) is 0 Å². The maximum absolute atomic E-state index is 11.0. The molecule has 0 fully saturated rings. The lowest BCUT2D eigenvalue weighted by Gasteiger charge is -2.06. The molecule has 15 heavy (non-hydrogen) atoms. The number of urea groups is 1. The standard InChI is InChI=1S/C10H20N2O3/c1-3-7-11-10(14)12-8-5-6-9(13)15-4-2/h3-8H2,1-2H3,(H2,11,12,14). The number of esters is 1. The third-order valence-corrected chi connectivity index (χ3v) is 1.68. The van der Waals surface area contributed by atoms with Crippen LogP contribution in [-0.4, -0.2) is 31.7 Å². The Hall–Kier alpha value is -1.26. The van der Waals surface area contributed by atoms with Gasteiger partial charge < -0.3 is 15.4 Å². The van der Waals surface area contributed by atoms with Crippen LogP contribution in [0.2, 0.25) is 0 Å². The maximum Gasteiger partial charge on any atom is 0.314 e. The van der Waals surface area contributed by atoms with Gasteiger partial charge in [-0.05, 0) is 19.8 Å².